The fourth-order valence-corrected chi connectivity index (χ4v) is 2.69. The highest BCUT2D eigenvalue weighted by Gasteiger charge is 2.24. The van der Waals surface area contributed by atoms with Crippen molar-refractivity contribution in [2.75, 3.05) is 0 Å². The van der Waals surface area contributed by atoms with E-state index in [4.69, 9.17) is 0 Å². The molecule has 2 atom stereocenters. The highest BCUT2D eigenvalue weighted by Crippen LogP contribution is 2.17. The molecule has 0 radical (unpaired) electrons. The lowest BCUT2D eigenvalue weighted by Crippen LogP contribution is -2.48. The number of aromatic nitrogens is 1. The van der Waals surface area contributed by atoms with Gasteiger partial charge in [0, 0.05) is 18.9 Å². The molecular formula is C17H19N3O. The molecule has 4 heteroatoms. The molecular weight excluding hydrogens is 262 g/mol. The standard InChI is InChI=1S/C17H19N3O/c1-12(13-6-8-18-9-7-13)20-17(21)16-10-14-4-2-3-5-15(14)11-19-16/h2-9,12,16,19H,10-11H2,1H3,(H,20,21)/t12-,16?/m1/s1. The molecule has 0 saturated carbocycles. The van der Waals surface area contributed by atoms with Crippen molar-refractivity contribution < 1.29 is 4.79 Å². The van der Waals surface area contributed by atoms with Gasteiger partial charge >= 0.3 is 0 Å². The van der Waals surface area contributed by atoms with E-state index < -0.39 is 0 Å². The van der Waals surface area contributed by atoms with Crippen LogP contribution in [0, 0.1) is 0 Å². The maximum atomic E-state index is 12.4. The lowest BCUT2D eigenvalue weighted by molar-refractivity contribution is -0.124. The smallest absolute Gasteiger partial charge is 0.237 e. The minimum absolute atomic E-state index is 0.0144. The first-order valence-corrected chi connectivity index (χ1v) is 7.24. The van der Waals surface area contributed by atoms with Crippen LogP contribution in [-0.4, -0.2) is 16.9 Å². The Kier molecular flexibility index (Phi) is 3.97. The van der Waals surface area contributed by atoms with Crippen molar-refractivity contribution in [1.82, 2.24) is 15.6 Å². The number of hydrogen-bond acceptors (Lipinski definition) is 3. The van der Waals surface area contributed by atoms with Gasteiger partial charge in [-0.25, -0.2) is 0 Å². The van der Waals surface area contributed by atoms with E-state index in [9.17, 15) is 4.79 Å². The third-order valence-corrected chi connectivity index (χ3v) is 3.96. The molecule has 21 heavy (non-hydrogen) atoms. The number of rotatable bonds is 3. The number of carbonyl (C=O) groups excluding carboxylic acids is 1. The summed E-state index contributed by atoms with van der Waals surface area (Å²) in [7, 11) is 0. The number of carbonyl (C=O) groups is 1. The molecule has 1 amide bonds. The van der Waals surface area contributed by atoms with E-state index in [0.717, 1.165) is 18.5 Å². The van der Waals surface area contributed by atoms with Crippen LogP contribution >= 0.6 is 0 Å². The number of pyridine rings is 1. The molecule has 0 saturated heterocycles. The Bertz CT molecular complexity index is 627. The molecule has 4 nitrogen and oxygen atoms in total. The van der Waals surface area contributed by atoms with Crippen LogP contribution in [0.4, 0.5) is 0 Å². The number of benzene rings is 1. The van der Waals surface area contributed by atoms with Crippen molar-refractivity contribution in [3.63, 3.8) is 0 Å². The van der Waals surface area contributed by atoms with Gasteiger partial charge in [0.1, 0.15) is 0 Å². The number of nitrogens with one attached hydrogen (secondary N) is 2. The first kappa shape index (κ1) is 13.8. The first-order valence-electron chi connectivity index (χ1n) is 7.24. The highest BCUT2D eigenvalue weighted by molar-refractivity contribution is 5.82. The van der Waals surface area contributed by atoms with Crippen molar-refractivity contribution >= 4 is 5.91 Å². The lowest BCUT2D eigenvalue weighted by Gasteiger charge is -2.26. The van der Waals surface area contributed by atoms with Crippen LogP contribution in [0.3, 0.4) is 0 Å². The topological polar surface area (TPSA) is 54.0 Å². The quantitative estimate of drug-likeness (QED) is 0.904. The molecule has 1 unspecified atom stereocenters. The van der Waals surface area contributed by atoms with Gasteiger partial charge in [0.25, 0.3) is 0 Å². The third-order valence-electron chi connectivity index (χ3n) is 3.96. The van der Waals surface area contributed by atoms with Gasteiger partial charge in [0.15, 0.2) is 0 Å². The van der Waals surface area contributed by atoms with E-state index >= 15 is 0 Å². The molecule has 3 rings (SSSR count). The normalized spacial score (nSPS) is 18.6. The van der Waals surface area contributed by atoms with Crippen LogP contribution < -0.4 is 10.6 Å². The molecule has 2 N–H and O–H groups in total. The summed E-state index contributed by atoms with van der Waals surface area (Å²) in [6.07, 6.45) is 4.23. The van der Waals surface area contributed by atoms with Gasteiger partial charge in [-0.05, 0) is 42.2 Å². The van der Waals surface area contributed by atoms with Gasteiger partial charge in [-0.3, -0.25) is 9.78 Å². The summed E-state index contributed by atoms with van der Waals surface area (Å²) in [5.74, 6) is 0.0498. The Morgan fingerprint density at radius 1 is 1.24 bits per heavy atom. The number of nitrogens with zero attached hydrogens (tertiary/aromatic N) is 1. The average molecular weight is 281 g/mol. The van der Waals surface area contributed by atoms with Crippen LogP contribution in [0.15, 0.2) is 48.8 Å². The zero-order chi connectivity index (χ0) is 14.7. The van der Waals surface area contributed by atoms with Gasteiger partial charge < -0.3 is 10.6 Å². The fraction of sp³-hybridized carbons (Fsp3) is 0.294. The zero-order valence-corrected chi connectivity index (χ0v) is 12.0. The van der Waals surface area contributed by atoms with Crippen LogP contribution in [0.1, 0.15) is 29.7 Å². The Balaban J connectivity index is 1.65. The van der Waals surface area contributed by atoms with Crippen molar-refractivity contribution in [3.8, 4) is 0 Å². The maximum Gasteiger partial charge on any atom is 0.237 e. The summed E-state index contributed by atoms with van der Waals surface area (Å²) < 4.78 is 0. The second-order valence-corrected chi connectivity index (χ2v) is 5.42. The Hall–Kier alpha value is -2.20. The van der Waals surface area contributed by atoms with Gasteiger partial charge in [-0.2, -0.15) is 0 Å². The fourth-order valence-electron chi connectivity index (χ4n) is 2.69. The molecule has 108 valence electrons. The van der Waals surface area contributed by atoms with Crippen molar-refractivity contribution in [1.29, 1.82) is 0 Å². The highest BCUT2D eigenvalue weighted by atomic mass is 16.2. The Labute approximate surface area is 124 Å². The maximum absolute atomic E-state index is 12.4. The van der Waals surface area contributed by atoms with Gasteiger partial charge in [0.05, 0.1) is 12.1 Å². The number of fused-ring (bicyclic) bond motifs is 1. The van der Waals surface area contributed by atoms with Crippen molar-refractivity contribution in [2.45, 2.75) is 32.0 Å². The molecule has 1 aliphatic rings. The molecule has 1 aromatic heterocycles. The van der Waals surface area contributed by atoms with E-state index in [1.54, 1.807) is 12.4 Å². The van der Waals surface area contributed by atoms with E-state index in [1.165, 1.54) is 11.1 Å². The minimum Gasteiger partial charge on any atom is -0.348 e. The van der Waals surface area contributed by atoms with Crippen LogP contribution in [0.25, 0.3) is 0 Å². The number of amides is 1. The molecule has 2 heterocycles. The third kappa shape index (κ3) is 3.11. The van der Waals surface area contributed by atoms with Gasteiger partial charge in [-0.1, -0.05) is 24.3 Å². The second-order valence-electron chi connectivity index (χ2n) is 5.42. The summed E-state index contributed by atoms with van der Waals surface area (Å²) in [4.78, 5) is 16.4. The SMILES string of the molecule is C[C@@H](NC(=O)C1Cc2ccccc2CN1)c1ccncc1. The zero-order valence-electron chi connectivity index (χ0n) is 12.0. The monoisotopic (exact) mass is 281 g/mol. The Morgan fingerprint density at radius 2 is 1.95 bits per heavy atom. The van der Waals surface area contributed by atoms with Crippen LogP contribution in [0.5, 0.6) is 0 Å². The summed E-state index contributed by atoms with van der Waals surface area (Å²) in [6.45, 7) is 2.74. The summed E-state index contributed by atoms with van der Waals surface area (Å²) >= 11 is 0. The second kappa shape index (κ2) is 6.06. The minimum atomic E-state index is -0.163. The van der Waals surface area contributed by atoms with Gasteiger partial charge in [-0.15, -0.1) is 0 Å². The predicted molar refractivity (Wildman–Crippen MR) is 81.6 cm³/mol. The van der Waals surface area contributed by atoms with Crippen LogP contribution in [-0.2, 0) is 17.8 Å². The number of hydrogen-bond donors (Lipinski definition) is 2. The summed E-state index contributed by atoms with van der Waals surface area (Å²) in [6, 6.07) is 11.9. The van der Waals surface area contributed by atoms with Gasteiger partial charge in [0.2, 0.25) is 5.91 Å². The summed E-state index contributed by atoms with van der Waals surface area (Å²) in [5.41, 5.74) is 3.60. The molecule has 0 fully saturated rings. The largest absolute Gasteiger partial charge is 0.348 e. The van der Waals surface area contributed by atoms with E-state index in [1.807, 2.05) is 31.2 Å². The van der Waals surface area contributed by atoms with Crippen molar-refractivity contribution in [2.24, 2.45) is 0 Å². The molecule has 0 spiro atoms. The molecule has 2 aromatic rings. The van der Waals surface area contributed by atoms with E-state index in [0.29, 0.717) is 0 Å². The molecule has 1 aromatic carbocycles. The average Bonchev–Trinajstić information content (AvgIpc) is 2.55. The lowest BCUT2D eigenvalue weighted by atomic mass is 9.95. The predicted octanol–water partition coefficient (Wildman–Crippen LogP) is 1.97. The van der Waals surface area contributed by atoms with Crippen molar-refractivity contribution in [3.05, 3.63) is 65.5 Å². The molecule has 0 aliphatic carbocycles. The van der Waals surface area contributed by atoms with E-state index in [2.05, 4.69) is 27.8 Å². The Morgan fingerprint density at radius 3 is 2.71 bits per heavy atom. The first-order chi connectivity index (χ1) is 10.2. The summed E-state index contributed by atoms with van der Waals surface area (Å²) in [5, 5.41) is 6.37. The molecule has 0 bridgehead atoms. The van der Waals surface area contributed by atoms with E-state index in [-0.39, 0.29) is 18.0 Å². The van der Waals surface area contributed by atoms with Crippen LogP contribution in [0.2, 0.25) is 0 Å². The molecule has 1 aliphatic heterocycles.